The zero-order valence-electron chi connectivity index (χ0n) is 9.94. The molecule has 0 aromatic carbocycles. The Hall–Kier alpha value is -1.29. The summed E-state index contributed by atoms with van der Waals surface area (Å²) in [5.41, 5.74) is 8.05. The Morgan fingerprint density at radius 1 is 1.53 bits per heavy atom. The normalized spacial score (nSPS) is 21.9. The highest BCUT2D eigenvalue weighted by molar-refractivity contribution is 6.34. The third kappa shape index (κ3) is 1.67. The highest BCUT2D eigenvalue weighted by Crippen LogP contribution is 2.52. The summed E-state index contributed by atoms with van der Waals surface area (Å²) in [6, 6.07) is 0. The van der Waals surface area contributed by atoms with Crippen LogP contribution >= 0.6 is 11.6 Å². The van der Waals surface area contributed by atoms with Crippen LogP contribution in [0.4, 0.5) is 5.95 Å². The highest BCUT2D eigenvalue weighted by atomic mass is 35.5. The number of fused-ring (bicyclic) bond motifs is 1. The van der Waals surface area contributed by atoms with E-state index in [-0.39, 0.29) is 0 Å². The SMILES string of the molecule is CC1(C)CC1Cn1c(N)nc2cncc(Cl)c21. The Bertz CT molecular complexity index is 587. The molecule has 1 fully saturated rings. The third-order valence-electron chi connectivity index (χ3n) is 3.76. The van der Waals surface area contributed by atoms with Crippen LogP contribution in [-0.2, 0) is 6.54 Å². The van der Waals surface area contributed by atoms with E-state index in [4.69, 9.17) is 17.3 Å². The van der Waals surface area contributed by atoms with Gasteiger partial charge in [0.15, 0.2) is 0 Å². The number of imidazole rings is 1. The topological polar surface area (TPSA) is 56.7 Å². The van der Waals surface area contributed by atoms with Crippen molar-refractivity contribution >= 4 is 28.6 Å². The Morgan fingerprint density at radius 2 is 2.24 bits per heavy atom. The molecule has 1 aliphatic carbocycles. The van der Waals surface area contributed by atoms with Crippen molar-refractivity contribution in [1.82, 2.24) is 14.5 Å². The molecular weight excluding hydrogens is 236 g/mol. The minimum Gasteiger partial charge on any atom is -0.369 e. The maximum absolute atomic E-state index is 6.17. The van der Waals surface area contributed by atoms with Gasteiger partial charge in [0.1, 0.15) is 5.52 Å². The van der Waals surface area contributed by atoms with E-state index in [9.17, 15) is 0 Å². The molecule has 0 saturated heterocycles. The van der Waals surface area contributed by atoms with E-state index in [0.717, 1.165) is 17.6 Å². The van der Waals surface area contributed by atoms with Crippen LogP contribution < -0.4 is 5.73 Å². The lowest BCUT2D eigenvalue weighted by molar-refractivity contribution is 0.507. The number of hydrogen-bond acceptors (Lipinski definition) is 3. The third-order valence-corrected chi connectivity index (χ3v) is 4.03. The monoisotopic (exact) mass is 250 g/mol. The van der Waals surface area contributed by atoms with E-state index in [0.29, 0.717) is 22.3 Å². The zero-order valence-corrected chi connectivity index (χ0v) is 10.7. The Balaban J connectivity index is 2.06. The molecule has 17 heavy (non-hydrogen) atoms. The van der Waals surface area contributed by atoms with Gasteiger partial charge in [0.25, 0.3) is 0 Å². The second-order valence-electron chi connectivity index (χ2n) is 5.46. The van der Waals surface area contributed by atoms with Crippen LogP contribution in [0.25, 0.3) is 11.0 Å². The molecule has 2 aromatic heterocycles. The van der Waals surface area contributed by atoms with Crippen LogP contribution in [0.5, 0.6) is 0 Å². The maximum atomic E-state index is 6.17. The average molecular weight is 251 g/mol. The predicted molar refractivity (Wildman–Crippen MR) is 68.8 cm³/mol. The second kappa shape index (κ2) is 3.35. The standard InChI is InChI=1S/C12H15ClN4/c1-12(2)3-7(12)6-17-10-8(13)4-15-5-9(10)16-11(17)14/h4-5,7H,3,6H2,1-2H3,(H2,14,16). The van der Waals surface area contributed by atoms with E-state index in [2.05, 4.69) is 23.8 Å². The summed E-state index contributed by atoms with van der Waals surface area (Å²) in [5, 5.41) is 0.616. The van der Waals surface area contributed by atoms with Crippen LogP contribution in [0, 0.1) is 11.3 Å². The molecule has 1 saturated carbocycles. The summed E-state index contributed by atoms with van der Waals surface area (Å²) in [7, 11) is 0. The lowest BCUT2D eigenvalue weighted by Gasteiger charge is -2.08. The Kier molecular flexibility index (Phi) is 2.14. The molecule has 2 aromatic rings. The molecule has 1 unspecified atom stereocenters. The first-order valence-electron chi connectivity index (χ1n) is 5.74. The van der Waals surface area contributed by atoms with Gasteiger partial charge >= 0.3 is 0 Å². The molecular formula is C12H15ClN4. The van der Waals surface area contributed by atoms with Gasteiger partial charge in [-0.2, -0.15) is 0 Å². The molecule has 0 spiro atoms. The molecule has 90 valence electrons. The average Bonchev–Trinajstić information content (AvgIpc) is 2.69. The fraction of sp³-hybridized carbons (Fsp3) is 0.500. The molecule has 0 aliphatic heterocycles. The number of hydrogen-bond donors (Lipinski definition) is 1. The summed E-state index contributed by atoms with van der Waals surface area (Å²) in [6.07, 6.45) is 4.57. The Morgan fingerprint density at radius 3 is 2.88 bits per heavy atom. The van der Waals surface area contributed by atoms with E-state index < -0.39 is 0 Å². The van der Waals surface area contributed by atoms with Crippen molar-refractivity contribution in [2.24, 2.45) is 11.3 Å². The number of pyridine rings is 1. The molecule has 5 heteroatoms. The quantitative estimate of drug-likeness (QED) is 0.892. The molecule has 0 radical (unpaired) electrons. The van der Waals surface area contributed by atoms with Crippen molar-refractivity contribution in [2.75, 3.05) is 5.73 Å². The molecule has 1 aliphatic rings. The number of nitrogens with two attached hydrogens (primary N) is 1. The molecule has 3 rings (SSSR count). The van der Waals surface area contributed by atoms with Crippen LogP contribution in [0.2, 0.25) is 5.02 Å². The van der Waals surface area contributed by atoms with Crippen LogP contribution in [-0.4, -0.2) is 14.5 Å². The maximum Gasteiger partial charge on any atom is 0.201 e. The summed E-state index contributed by atoms with van der Waals surface area (Å²) in [5.74, 6) is 1.18. The first-order chi connectivity index (χ1) is 7.99. The van der Waals surface area contributed by atoms with Crippen molar-refractivity contribution in [1.29, 1.82) is 0 Å². The minimum absolute atomic E-state index is 0.419. The molecule has 2 heterocycles. The van der Waals surface area contributed by atoms with Gasteiger partial charge in [-0.3, -0.25) is 4.98 Å². The fourth-order valence-electron chi connectivity index (χ4n) is 2.36. The smallest absolute Gasteiger partial charge is 0.201 e. The lowest BCUT2D eigenvalue weighted by Crippen LogP contribution is -2.07. The van der Waals surface area contributed by atoms with E-state index in [1.807, 2.05) is 4.57 Å². The summed E-state index contributed by atoms with van der Waals surface area (Å²) in [4.78, 5) is 8.32. The van der Waals surface area contributed by atoms with Gasteiger partial charge in [-0.15, -0.1) is 0 Å². The fourth-order valence-corrected chi connectivity index (χ4v) is 2.61. The first kappa shape index (κ1) is 10.8. The van der Waals surface area contributed by atoms with Crippen molar-refractivity contribution in [3.8, 4) is 0 Å². The van der Waals surface area contributed by atoms with Gasteiger partial charge in [-0.05, 0) is 17.8 Å². The van der Waals surface area contributed by atoms with Gasteiger partial charge in [-0.25, -0.2) is 4.98 Å². The number of nitrogen functional groups attached to an aromatic ring is 1. The van der Waals surface area contributed by atoms with Gasteiger partial charge in [0.2, 0.25) is 5.95 Å². The number of halogens is 1. The summed E-state index contributed by atoms with van der Waals surface area (Å²) >= 11 is 6.17. The highest BCUT2D eigenvalue weighted by Gasteiger charge is 2.45. The van der Waals surface area contributed by atoms with Crippen molar-refractivity contribution in [2.45, 2.75) is 26.8 Å². The van der Waals surface area contributed by atoms with Gasteiger partial charge < -0.3 is 10.3 Å². The van der Waals surface area contributed by atoms with E-state index >= 15 is 0 Å². The summed E-state index contributed by atoms with van der Waals surface area (Å²) in [6.45, 7) is 5.44. The van der Waals surface area contributed by atoms with Crippen molar-refractivity contribution in [3.63, 3.8) is 0 Å². The van der Waals surface area contributed by atoms with Gasteiger partial charge in [-0.1, -0.05) is 25.4 Å². The molecule has 4 nitrogen and oxygen atoms in total. The minimum atomic E-state index is 0.419. The molecule has 2 N–H and O–H groups in total. The number of nitrogens with zero attached hydrogens (tertiary/aromatic N) is 3. The van der Waals surface area contributed by atoms with Crippen LogP contribution in [0.3, 0.4) is 0 Å². The Labute approximate surface area is 105 Å². The van der Waals surface area contributed by atoms with Crippen molar-refractivity contribution < 1.29 is 0 Å². The molecule has 0 bridgehead atoms. The largest absolute Gasteiger partial charge is 0.369 e. The van der Waals surface area contributed by atoms with E-state index in [1.54, 1.807) is 12.4 Å². The van der Waals surface area contributed by atoms with Gasteiger partial charge in [0, 0.05) is 12.7 Å². The van der Waals surface area contributed by atoms with Gasteiger partial charge in [0.05, 0.1) is 16.7 Å². The first-order valence-corrected chi connectivity index (χ1v) is 6.12. The molecule has 0 amide bonds. The number of rotatable bonds is 2. The lowest BCUT2D eigenvalue weighted by atomic mass is 10.1. The number of aromatic nitrogens is 3. The zero-order chi connectivity index (χ0) is 12.2. The van der Waals surface area contributed by atoms with Crippen molar-refractivity contribution in [3.05, 3.63) is 17.4 Å². The van der Waals surface area contributed by atoms with E-state index in [1.165, 1.54) is 6.42 Å². The molecule has 1 atom stereocenters. The van der Waals surface area contributed by atoms with Crippen LogP contribution in [0.15, 0.2) is 12.4 Å². The second-order valence-corrected chi connectivity index (χ2v) is 5.87. The predicted octanol–water partition coefficient (Wildman–Crippen LogP) is 2.71. The number of anilines is 1. The van der Waals surface area contributed by atoms with Crippen LogP contribution in [0.1, 0.15) is 20.3 Å². The summed E-state index contributed by atoms with van der Waals surface area (Å²) < 4.78 is 2.01.